The van der Waals surface area contributed by atoms with Gasteiger partial charge in [0, 0.05) is 42.2 Å². The van der Waals surface area contributed by atoms with Gasteiger partial charge >= 0.3 is 4.87 Å². The van der Waals surface area contributed by atoms with Crippen molar-refractivity contribution in [3.8, 4) is 0 Å². The number of nitrogens with zero attached hydrogens (tertiary/aromatic N) is 2. The van der Waals surface area contributed by atoms with E-state index in [1.54, 1.807) is 10.6 Å². The second-order valence-corrected chi connectivity index (χ2v) is 7.21. The minimum atomic E-state index is -0.116. The van der Waals surface area contributed by atoms with E-state index in [9.17, 15) is 9.59 Å². The van der Waals surface area contributed by atoms with Gasteiger partial charge in [-0.15, -0.1) is 0 Å². The van der Waals surface area contributed by atoms with Crippen LogP contribution in [0.1, 0.15) is 25.0 Å². The number of thiazole rings is 1. The Labute approximate surface area is 149 Å². The maximum Gasteiger partial charge on any atom is 0.307 e. The number of halogens is 1. The highest BCUT2D eigenvalue weighted by Crippen LogP contribution is 2.31. The number of benzene rings is 1. The molecule has 0 unspecified atom stereocenters. The van der Waals surface area contributed by atoms with E-state index in [2.05, 4.69) is 10.2 Å². The van der Waals surface area contributed by atoms with Crippen molar-refractivity contribution in [2.75, 3.05) is 23.3 Å². The Kier molecular flexibility index (Phi) is 5.26. The van der Waals surface area contributed by atoms with Crippen LogP contribution in [0.2, 0.25) is 5.02 Å². The molecule has 1 aliphatic heterocycles. The van der Waals surface area contributed by atoms with Gasteiger partial charge in [-0.25, -0.2) is 0 Å². The summed E-state index contributed by atoms with van der Waals surface area (Å²) in [5.74, 6) is -0.116. The smallest absolute Gasteiger partial charge is 0.307 e. The van der Waals surface area contributed by atoms with Gasteiger partial charge in [-0.3, -0.25) is 9.59 Å². The van der Waals surface area contributed by atoms with Gasteiger partial charge in [0.05, 0.1) is 11.4 Å². The average molecular weight is 366 g/mol. The van der Waals surface area contributed by atoms with Crippen LogP contribution in [-0.2, 0) is 11.3 Å². The van der Waals surface area contributed by atoms with Crippen LogP contribution in [-0.4, -0.2) is 23.6 Å². The van der Waals surface area contributed by atoms with Gasteiger partial charge in [0.2, 0.25) is 5.91 Å². The van der Waals surface area contributed by atoms with E-state index in [-0.39, 0.29) is 17.2 Å². The lowest BCUT2D eigenvalue weighted by Crippen LogP contribution is -2.23. The first-order chi connectivity index (χ1) is 11.5. The van der Waals surface area contributed by atoms with Crippen molar-refractivity contribution >= 4 is 40.2 Å². The van der Waals surface area contributed by atoms with Crippen molar-refractivity contribution in [3.63, 3.8) is 0 Å². The number of hydrogen-bond donors (Lipinski definition) is 1. The zero-order valence-electron chi connectivity index (χ0n) is 13.5. The van der Waals surface area contributed by atoms with E-state index < -0.39 is 0 Å². The normalized spacial score (nSPS) is 14.2. The second-order valence-electron chi connectivity index (χ2n) is 5.95. The molecule has 1 amide bonds. The number of aryl methyl sites for hydroxylation is 1. The van der Waals surface area contributed by atoms with E-state index in [1.807, 2.05) is 24.4 Å². The molecule has 0 atom stereocenters. The Morgan fingerprint density at radius 1 is 1.33 bits per heavy atom. The minimum absolute atomic E-state index is 0.0270. The Hall–Kier alpha value is -1.79. The molecule has 1 N–H and O–H groups in total. The van der Waals surface area contributed by atoms with E-state index in [0.717, 1.165) is 54.3 Å². The standard InChI is InChI=1S/C17H20ClN3O2S/c1-12-11-24-17(23)21(12)9-6-16(22)19-14-10-13(18)4-5-15(14)20-7-2-3-8-20/h4-5,10-11H,2-3,6-9H2,1H3,(H,19,22). The maximum atomic E-state index is 12.3. The third kappa shape index (κ3) is 3.82. The first kappa shape index (κ1) is 17.0. The van der Waals surface area contributed by atoms with Gasteiger partial charge in [0.1, 0.15) is 0 Å². The van der Waals surface area contributed by atoms with Crippen molar-refractivity contribution in [1.29, 1.82) is 0 Å². The third-order valence-electron chi connectivity index (χ3n) is 4.22. The van der Waals surface area contributed by atoms with Crippen LogP contribution >= 0.6 is 22.9 Å². The Bertz CT molecular complexity index is 793. The second kappa shape index (κ2) is 7.40. The summed E-state index contributed by atoms with van der Waals surface area (Å²) in [6.45, 7) is 4.25. The number of aromatic nitrogens is 1. The molecular formula is C17H20ClN3O2S. The average Bonchev–Trinajstić information content (AvgIpc) is 3.17. The number of nitrogens with one attached hydrogen (secondary N) is 1. The molecule has 1 saturated heterocycles. The quantitative estimate of drug-likeness (QED) is 0.882. The molecule has 128 valence electrons. The molecule has 1 fully saturated rings. The fraction of sp³-hybridized carbons (Fsp3) is 0.412. The Morgan fingerprint density at radius 2 is 2.08 bits per heavy atom. The van der Waals surface area contributed by atoms with Crippen molar-refractivity contribution in [2.24, 2.45) is 0 Å². The van der Waals surface area contributed by atoms with Gasteiger partial charge in [0.15, 0.2) is 0 Å². The van der Waals surface area contributed by atoms with Gasteiger partial charge in [-0.2, -0.15) is 0 Å². The molecule has 24 heavy (non-hydrogen) atoms. The Morgan fingerprint density at radius 3 is 2.75 bits per heavy atom. The van der Waals surface area contributed by atoms with E-state index in [1.165, 1.54) is 0 Å². The molecule has 2 heterocycles. The van der Waals surface area contributed by atoms with Gasteiger partial charge < -0.3 is 14.8 Å². The predicted octanol–water partition coefficient (Wildman–Crippen LogP) is 3.50. The number of amides is 1. The Balaban J connectivity index is 1.69. The largest absolute Gasteiger partial charge is 0.370 e. The van der Waals surface area contributed by atoms with E-state index in [4.69, 9.17) is 11.6 Å². The SMILES string of the molecule is Cc1csc(=O)n1CCC(=O)Nc1cc(Cl)ccc1N1CCCC1. The molecular weight excluding hydrogens is 346 g/mol. The van der Waals surface area contributed by atoms with Crippen molar-refractivity contribution < 1.29 is 4.79 Å². The summed E-state index contributed by atoms with van der Waals surface area (Å²) in [7, 11) is 0. The van der Waals surface area contributed by atoms with Gasteiger partial charge in [0.25, 0.3) is 0 Å². The van der Waals surface area contributed by atoms with E-state index >= 15 is 0 Å². The fourth-order valence-electron chi connectivity index (χ4n) is 2.94. The maximum absolute atomic E-state index is 12.3. The van der Waals surface area contributed by atoms with Crippen LogP contribution in [0.3, 0.4) is 0 Å². The number of carbonyl (C=O) groups excluding carboxylic acids is 1. The van der Waals surface area contributed by atoms with E-state index in [0.29, 0.717) is 11.6 Å². The number of carbonyl (C=O) groups is 1. The molecule has 0 radical (unpaired) electrons. The van der Waals surface area contributed by atoms with Gasteiger partial charge in [-0.1, -0.05) is 22.9 Å². The zero-order valence-corrected chi connectivity index (χ0v) is 15.1. The lowest BCUT2D eigenvalue weighted by Gasteiger charge is -2.22. The number of anilines is 2. The highest BCUT2D eigenvalue weighted by atomic mass is 35.5. The van der Waals surface area contributed by atoms with Crippen molar-refractivity contribution in [1.82, 2.24) is 4.57 Å². The van der Waals surface area contributed by atoms with Crippen molar-refractivity contribution in [3.05, 3.63) is 44.0 Å². The molecule has 0 aliphatic carbocycles. The van der Waals surface area contributed by atoms with Gasteiger partial charge in [-0.05, 0) is 38.0 Å². The van der Waals surface area contributed by atoms with Crippen LogP contribution in [0.5, 0.6) is 0 Å². The van der Waals surface area contributed by atoms with Crippen LogP contribution in [0.4, 0.5) is 11.4 Å². The highest BCUT2D eigenvalue weighted by Gasteiger charge is 2.17. The number of rotatable bonds is 5. The van der Waals surface area contributed by atoms with Crippen molar-refractivity contribution in [2.45, 2.75) is 32.7 Å². The first-order valence-electron chi connectivity index (χ1n) is 8.04. The topological polar surface area (TPSA) is 54.3 Å². The molecule has 7 heteroatoms. The van der Waals surface area contributed by atoms with Crippen LogP contribution in [0, 0.1) is 6.92 Å². The summed E-state index contributed by atoms with van der Waals surface area (Å²) in [5, 5.41) is 5.36. The molecule has 5 nitrogen and oxygen atoms in total. The first-order valence-corrected chi connectivity index (χ1v) is 9.29. The summed E-state index contributed by atoms with van der Waals surface area (Å²) >= 11 is 7.25. The molecule has 1 aromatic carbocycles. The summed E-state index contributed by atoms with van der Waals surface area (Å²) in [6.07, 6.45) is 2.58. The summed E-state index contributed by atoms with van der Waals surface area (Å²) in [6, 6.07) is 5.59. The molecule has 3 rings (SSSR count). The summed E-state index contributed by atoms with van der Waals surface area (Å²) in [4.78, 5) is 26.3. The predicted molar refractivity (Wildman–Crippen MR) is 99.5 cm³/mol. The molecule has 0 saturated carbocycles. The molecule has 0 spiro atoms. The lowest BCUT2D eigenvalue weighted by atomic mass is 10.2. The summed E-state index contributed by atoms with van der Waals surface area (Å²) < 4.78 is 1.63. The summed E-state index contributed by atoms with van der Waals surface area (Å²) in [5.41, 5.74) is 2.64. The molecule has 2 aromatic rings. The monoisotopic (exact) mass is 365 g/mol. The minimum Gasteiger partial charge on any atom is -0.370 e. The fourth-order valence-corrected chi connectivity index (χ4v) is 3.88. The lowest BCUT2D eigenvalue weighted by molar-refractivity contribution is -0.116. The van der Waals surface area contributed by atoms with Crippen LogP contribution in [0.15, 0.2) is 28.4 Å². The van der Waals surface area contributed by atoms with Crippen LogP contribution < -0.4 is 15.1 Å². The third-order valence-corrected chi connectivity index (χ3v) is 5.33. The van der Waals surface area contributed by atoms with Crippen LogP contribution in [0.25, 0.3) is 0 Å². The molecule has 1 aromatic heterocycles. The molecule has 1 aliphatic rings. The molecule has 0 bridgehead atoms. The highest BCUT2D eigenvalue weighted by molar-refractivity contribution is 7.07. The zero-order chi connectivity index (χ0) is 17.1. The number of hydrogen-bond acceptors (Lipinski definition) is 4.